The average molecular weight is 496 g/mol. The maximum Gasteiger partial charge on any atom is 0.121 e. The second-order valence-corrected chi connectivity index (χ2v) is 9.35. The van der Waals surface area contributed by atoms with E-state index in [1.165, 1.54) is 0 Å². The Kier molecular flexibility index (Phi) is 7.33. The molecule has 31 heavy (non-hydrogen) atoms. The Balaban J connectivity index is 1.67. The van der Waals surface area contributed by atoms with Gasteiger partial charge in [-0.25, -0.2) is 0 Å². The molecule has 0 unspecified atom stereocenters. The normalized spacial score (nSPS) is 16.0. The van der Waals surface area contributed by atoms with E-state index in [0.29, 0.717) is 33.2 Å². The van der Waals surface area contributed by atoms with Crippen molar-refractivity contribution in [3.63, 3.8) is 0 Å². The van der Waals surface area contributed by atoms with Gasteiger partial charge in [0.15, 0.2) is 0 Å². The van der Waals surface area contributed by atoms with E-state index in [4.69, 9.17) is 46.4 Å². The van der Waals surface area contributed by atoms with Crippen molar-refractivity contribution >= 4 is 46.4 Å². The summed E-state index contributed by atoms with van der Waals surface area (Å²) >= 11 is 24.7. The van der Waals surface area contributed by atoms with Gasteiger partial charge in [0.1, 0.15) is 5.75 Å². The zero-order valence-corrected chi connectivity index (χ0v) is 19.8. The van der Waals surface area contributed by atoms with Crippen molar-refractivity contribution in [3.8, 4) is 5.75 Å². The van der Waals surface area contributed by atoms with E-state index < -0.39 is 0 Å². The third-order valence-corrected chi connectivity index (χ3v) is 7.01. The Morgan fingerprint density at radius 1 is 0.710 bits per heavy atom. The summed E-state index contributed by atoms with van der Waals surface area (Å²) in [7, 11) is 0. The van der Waals surface area contributed by atoms with Gasteiger partial charge in [-0.1, -0.05) is 76.7 Å². The van der Waals surface area contributed by atoms with Gasteiger partial charge >= 0.3 is 0 Å². The Labute approximate surface area is 202 Å². The van der Waals surface area contributed by atoms with Crippen LogP contribution < -0.4 is 0 Å². The molecule has 3 aromatic rings. The molecule has 1 fully saturated rings. The summed E-state index contributed by atoms with van der Waals surface area (Å²) in [5, 5.41) is 12.8. The first-order chi connectivity index (χ1) is 14.9. The van der Waals surface area contributed by atoms with Crippen LogP contribution in [-0.2, 0) is 13.1 Å². The van der Waals surface area contributed by atoms with Crippen LogP contribution in [0.15, 0.2) is 60.7 Å². The van der Waals surface area contributed by atoms with Crippen LogP contribution in [0, 0.1) is 0 Å². The maximum absolute atomic E-state index is 10.7. The minimum absolute atomic E-state index is 0.0983. The van der Waals surface area contributed by atoms with Gasteiger partial charge in [0.25, 0.3) is 0 Å². The molecule has 1 N–H and O–H groups in total. The highest BCUT2D eigenvalue weighted by Crippen LogP contribution is 2.37. The number of benzene rings is 3. The highest BCUT2D eigenvalue weighted by atomic mass is 35.5. The molecular formula is C24H22Cl4N2O. The Bertz CT molecular complexity index is 1010. The van der Waals surface area contributed by atoms with Crippen LogP contribution in [0.3, 0.4) is 0 Å². The number of para-hydroxylation sites is 1. The van der Waals surface area contributed by atoms with Gasteiger partial charge in [-0.05, 0) is 47.9 Å². The SMILES string of the molecule is Oc1ccccc1C1N(Cc2ccc(Cl)c(Cl)c2)CCCN1Cc1ccc(Cl)c(Cl)c1. The molecule has 1 aliphatic rings. The van der Waals surface area contributed by atoms with Crippen molar-refractivity contribution in [1.29, 1.82) is 0 Å². The summed E-state index contributed by atoms with van der Waals surface area (Å²) in [5.74, 6) is 0.285. The smallest absolute Gasteiger partial charge is 0.121 e. The zero-order valence-electron chi connectivity index (χ0n) is 16.7. The first-order valence-electron chi connectivity index (χ1n) is 10.1. The van der Waals surface area contributed by atoms with Crippen molar-refractivity contribution in [1.82, 2.24) is 9.80 Å². The largest absolute Gasteiger partial charge is 0.508 e. The summed E-state index contributed by atoms with van der Waals surface area (Å²) in [5.41, 5.74) is 3.03. The van der Waals surface area contributed by atoms with Crippen LogP contribution in [-0.4, -0.2) is 28.0 Å². The van der Waals surface area contributed by atoms with Crippen molar-refractivity contribution in [2.45, 2.75) is 25.7 Å². The molecule has 3 aromatic carbocycles. The summed E-state index contributed by atoms with van der Waals surface area (Å²) < 4.78 is 0. The number of hydrogen-bond acceptors (Lipinski definition) is 3. The van der Waals surface area contributed by atoms with Crippen molar-refractivity contribution < 1.29 is 5.11 Å². The van der Waals surface area contributed by atoms with E-state index in [2.05, 4.69) is 9.80 Å². The van der Waals surface area contributed by atoms with Gasteiger partial charge in [-0.2, -0.15) is 0 Å². The second-order valence-electron chi connectivity index (χ2n) is 7.72. The molecule has 0 aliphatic carbocycles. The zero-order chi connectivity index (χ0) is 22.0. The lowest BCUT2D eigenvalue weighted by Crippen LogP contribution is -2.46. The molecule has 0 radical (unpaired) electrons. The quantitative estimate of drug-likeness (QED) is 0.399. The molecule has 0 spiro atoms. The van der Waals surface area contributed by atoms with Crippen molar-refractivity contribution in [2.24, 2.45) is 0 Å². The van der Waals surface area contributed by atoms with E-state index in [0.717, 1.165) is 36.2 Å². The molecule has 4 rings (SSSR count). The van der Waals surface area contributed by atoms with E-state index in [1.807, 2.05) is 54.6 Å². The fourth-order valence-corrected chi connectivity index (χ4v) is 4.77. The third kappa shape index (κ3) is 5.31. The third-order valence-electron chi connectivity index (χ3n) is 5.54. The number of aromatic hydroxyl groups is 1. The predicted octanol–water partition coefficient (Wildman–Crippen LogP) is 7.41. The van der Waals surface area contributed by atoms with Crippen LogP contribution in [0.1, 0.15) is 29.3 Å². The lowest BCUT2D eigenvalue weighted by atomic mass is 10.0. The molecule has 0 saturated carbocycles. The Hall–Kier alpha value is -1.46. The summed E-state index contributed by atoms with van der Waals surface area (Å²) in [4.78, 5) is 4.71. The summed E-state index contributed by atoms with van der Waals surface area (Å²) in [6.45, 7) is 3.18. The summed E-state index contributed by atoms with van der Waals surface area (Å²) in [6.07, 6.45) is 0.908. The van der Waals surface area contributed by atoms with Crippen molar-refractivity contribution in [2.75, 3.05) is 13.1 Å². The van der Waals surface area contributed by atoms with Crippen LogP contribution in [0.4, 0.5) is 0 Å². The van der Waals surface area contributed by atoms with Gasteiger partial charge in [0.05, 0.1) is 26.3 Å². The van der Waals surface area contributed by atoms with Gasteiger partial charge in [-0.3, -0.25) is 9.80 Å². The molecule has 162 valence electrons. The van der Waals surface area contributed by atoms with Crippen molar-refractivity contribution in [3.05, 3.63) is 97.4 Å². The number of phenols is 1. The molecule has 0 bridgehead atoms. The van der Waals surface area contributed by atoms with Crippen LogP contribution >= 0.6 is 46.4 Å². The monoisotopic (exact) mass is 494 g/mol. The molecule has 1 saturated heterocycles. The standard InChI is InChI=1S/C24H22Cl4N2O/c25-19-8-6-16(12-21(19)27)14-29-10-3-11-30(15-17-7-9-20(26)22(28)13-17)24(29)18-4-1-2-5-23(18)31/h1-2,4-9,12-13,24,31H,3,10-11,14-15H2. The number of halogens is 4. The van der Waals surface area contributed by atoms with E-state index in [9.17, 15) is 5.11 Å². The minimum Gasteiger partial charge on any atom is -0.508 e. The fraction of sp³-hybridized carbons (Fsp3) is 0.250. The number of phenolic OH excluding ortho intramolecular Hbond substituents is 1. The van der Waals surface area contributed by atoms with Crippen LogP contribution in [0.25, 0.3) is 0 Å². The van der Waals surface area contributed by atoms with Gasteiger partial charge in [0.2, 0.25) is 0 Å². The number of hydrogen-bond donors (Lipinski definition) is 1. The molecule has 0 aromatic heterocycles. The second kappa shape index (κ2) is 9.99. The molecule has 1 aliphatic heterocycles. The first kappa shape index (κ1) is 22.7. The maximum atomic E-state index is 10.7. The fourth-order valence-electron chi connectivity index (χ4n) is 4.13. The topological polar surface area (TPSA) is 26.7 Å². The lowest BCUT2D eigenvalue weighted by molar-refractivity contribution is -0.0103. The minimum atomic E-state index is -0.0983. The molecule has 0 amide bonds. The van der Waals surface area contributed by atoms with E-state index in [-0.39, 0.29) is 11.9 Å². The Morgan fingerprint density at radius 2 is 1.23 bits per heavy atom. The van der Waals surface area contributed by atoms with Gasteiger partial charge in [-0.15, -0.1) is 0 Å². The summed E-state index contributed by atoms with van der Waals surface area (Å²) in [6, 6.07) is 19.0. The predicted molar refractivity (Wildman–Crippen MR) is 129 cm³/mol. The highest BCUT2D eigenvalue weighted by molar-refractivity contribution is 6.42. The number of nitrogens with zero attached hydrogens (tertiary/aromatic N) is 2. The van der Waals surface area contributed by atoms with E-state index >= 15 is 0 Å². The van der Waals surface area contributed by atoms with Crippen LogP contribution in [0.5, 0.6) is 5.75 Å². The molecule has 0 atom stereocenters. The first-order valence-corrected chi connectivity index (χ1v) is 11.6. The molecular weight excluding hydrogens is 474 g/mol. The lowest BCUT2D eigenvalue weighted by Gasteiger charge is -2.44. The molecule has 3 nitrogen and oxygen atoms in total. The van der Waals surface area contributed by atoms with Gasteiger partial charge in [0, 0.05) is 31.7 Å². The Morgan fingerprint density at radius 3 is 1.71 bits per heavy atom. The van der Waals surface area contributed by atoms with Crippen LogP contribution in [0.2, 0.25) is 20.1 Å². The number of rotatable bonds is 5. The van der Waals surface area contributed by atoms with E-state index in [1.54, 1.807) is 6.07 Å². The average Bonchev–Trinajstić information content (AvgIpc) is 2.74. The highest BCUT2D eigenvalue weighted by Gasteiger charge is 2.32. The van der Waals surface area contributed by atoms with Gasteiger partial charge < -0.3 is 5.11 Å². The molecule has 7 heteroatoms. The molecule has 1 heterocycles.